The van der Waals surface area contributed by atoms with Gasteiger partial charge in [0.15, 0.2) is 0 Å². The molecule has 0 radical (unpaired) electrons. The summed E-state index contributed by atoms with van der Waals surface area (Å²) in [4.78, 5) is 23.0. The molecule has 0 spiro atoms. The van der Waals surface area contributed by atoms with Gasteiger partial charge in [0, 0.05) is 11.8 Å². The zero-order chi connectivity index (χ0) is 19.8. The predicted octanol–water partition coefficient (Wildman–Crippen LogP) is 4.77. The number of unbranched alkanes of at least 4 members (excludes halogenated alkanes) is 1. The smallest absolute Gasteiger partial charge is 0.306 e. The van der Waals surface area contributed by atoms with Crippen molar-refractivity contribution in [3.8, 4) is 5.75 Å². The third-order valence-electron chi connectivity index (χ3n) is 5.69. The van der Waals surface area contributed by atoms with E-state index >= 15 is 0 Å². The lowest BCUT2D eigenvalue weighted by Gasteiger charge is -2.39. The number of carbonyl (C=O) groups is 2. The molecule has 1 aliphatic rings. The normalized spacial score (nSPS) is 18.2. The van der Waals surface area contributed by atoms with Gasteiger partial charge in [0.2, 0.25) is 0 Å². The lowest BCUT2D eigenvalue weighted by molar-refractivity contribution is -0.142. The fourth-order valence-corrected chi connectivity index (χ4v) is 4.25. The van der Waals surface area contributed by atoms with Crippen LogP contribution in [0.4, 0.5) is 0 Å². The number of rotatable bonds is 9. The van der Waals surface area contributed by atoms with Gasteiger partial charge in [-0.2, -0.15) is 0 Å². The maximum absolute atomic E-state index is 12.2. The third kappa shape index (κ3) is 4.80. The summed E-state index contributed by atoms with van der Waals surface area (Å²) >= 11 is 0. The largest absolute Gasteiger partial charge is 0.489 e. The first-order valence-electron chi connectivity index (χ1n) is 9.97. The van der Waals surface area contributed by atoms with Crippen molar-refractivity contribution in [2.24, 2.45) is 0 Å². The Balaban J connectivity index is 1.87. The van der Waals surface area contributed by atoms with Crippen LogP contribution in [-0.2, 0) is 32.8 Å². The fraction of sp³-hybridized carbons (Fsp3) is 0.417. The highest BCUT2D eigenvalue weighted by molar-refractivity contribution is 5.72. The van der Waals surface area contributed by atoms with E-state index in [1.165, 1.54) is 18.2 Å². The van der Waals surface area contributed by atoms with Crippen molar-refractivity contribution in [3.05, 3.63) is 65.2 Å². The van der Waals surface area contributed by atoms with E-state index in [4.69, 9.17) is 9.47 Å². The molecule has 0 bridgehead atoms. The third-order valence-corrected chi connectivity index (χ3v) is 5.69. The zero-order valence-electron chi connectivity index (χ0n) is 16.5. The number of aryl methyl sites for hydroxylation is 1. The van der Waals surface area contributed by atoms with Gasteiger partial charge in [-0.15, -0.1) is 0 Å². The van der Waals surface area contributed by atoms with Crippen molar-refractivity contribution in [1.82, 2.24) is 0 Å². The van der Waals surface area contributed by atoms with Gasteiger partial charge < -0.3 is 14.3 Å². The number of hydrogen-bond donors (Lipinski definition) is 0. The quantitative estimate of drug-likeness (QED) is 0.357. The van der Waals surface area contributed by atoms with Crippen molar-refractivity contribution >= 4 is 12.3 Å². The van der Waals surface area contributed by atoms with Gasteiger partial charge >= 0.3 is 5.97 Å². The summed E-state index contributed by atoms with van der Waals surface area (Å²) < 4.78 is 11.0. The van der Waals surface area contributed by atoms with Crippen LogP contribution in [0.3, 0.4) is 0 Å². The molecule has 1 atom stereocenters. The van der Waals surface area contributed by atoms with E-state index in [1.54, 1.807) is 0 Å². The lowest BCUT2D eigenvalue weighted by Crippen LogP contribution is -2.34. The molecule has 0 fully saturated rings. The molecule has 4 heteroatoms. The summed E-state index contributed by atoms with van der Waals surface area (Å²) in [5, 5.41) is 0. The van der Waals surface area contributed by atoms with Crippen LogP contribution in [0, 0.1) is 0 Å². The molecular formula is C24H28O4. The van der Waals surface area contributed by atoms with Crippen LogP contribution in [0.25, 0.3) is 0 Å². The molecule has 0 saturated heterocycles. The molecule has 1 aliphatic carbocycles. The Bertz CT molecular complexity index is 800. The van der Waals surface area contributed by atoms with Crippen LogP contribution in [-0.4, -0.2) is 19.4 Å². The summed E-state index contributed by atoms with van der Waals surface area (Å²) in [6.07, 6.45) is 6.36. The van der Waals surface area contributed by atoms with Crippen LogP contribution < -0.4 is 4.74 Å². The Morgan fingerprint density at radius 1 is 1.18 bits per heavy atom. The first-order chi connectivity index (χ1) is 13.7. The number of ether oxygens (including phenoxy) is 2. The Hall–Kier alpha value is -2.62. The second-order valence-corrected chi connectivity index (χ2v) is 7.54. The Morgan fingerprint density at radius 2 is 2.00 bits per heavy atom. The monoisotopic (exact) mass is 380 g/mol. The molecule has 0 N–H and O–H groups in total. The molecule has 28 heavy (non-hydrogen) atoms. The first kappa shape index (κ1) is 20.1. The highest BCUT2D eigenvalue weighted by atomic mass is 16.5. The lowest BCUT2D eigenvalue weighted by atomic mass is 9.65. The van der Waals surface area contributed by atoms with Crippen LogP contribution >= 0.6 is 0 Å². The molecule has 2 aromatic carbocycles. The van der Waals surface area contributed by atoms with E-state index < -0.39 is 0 Å². The molecule has 0 aromatic heterocycles. The van der Waals surface area contributed by atoms with E-state index in [1.807, 2.05) is 36.4 Å². The maximum atomic E-state index is 12.2. The van der Waals surface area contributed by atoms with Crippen molar-refractivity contribution < 1.29 is 19.1 Å². The minimum atomic E-state index is -0.282. The molecule has 2 aromatic rings. The SMILES string of the molecule is COC(=O)CC1(CCCC=O)CCCc2ccc(OCc3ccccc3)cc21. The van der Waals surface area contributed by atoms with Gasteiger partial charge in [-0.1, -0.05) is 36.4 Å². The number of benzene rings is 2. The van der Waals surface area contributed by atoms with Crippen LogP contribution in [0.2, 0.25) is 0 Å². The molecule has 4 nitrogen and oxygen atoms in total. The molecule has 0 saturated carbocycles. The van der Waals surface area contributed by atoms with Crippen LogP contribution in [0.1, 0.15) is 55.2 Å². The molecule has 0 aliphatic heterocycles. The molecule has 0 amide bonds. The molecule has 0 heterocycles. The van der Waals surface area contributed by atoms with Crippen molar-refractivity contribution in [3.63, 3.8) is 0 Å². The zero-order valence-corrected chi connectivity index (χ0v) is 16.5. The standard InChI is InChI=1S/C24H28O4/c1-27-23(26)17-24(13-5-6-15-25)14-7-10-20-11-12-21(16-22(20)24)28-18-19-8-3-2-4-9-19/h2-4,8-9,11-12,15-16H,5-7,10,13-14,17-18H2,1H3. The fourth-order valence-electron chi connectivity index (χ4n) is 4.25. The van der Waals surface area contributed by atoms with Crippen LogP contribution in [0.5, 0.6) is 5.75 Å². The molecule has 3 rings (SSSR count). The van der Waals surface area contributed by atoms with E-state index in [0.29, 0.717) is 19.4 Å². The van der Waals surface area contributed by atoms with Crippen LogP contribution in [0.15, 0.2) is 48.5 Å². The van der Waals surface area contributed by atoms with Gasteiger partial charge in [0.1, 0.15) is 18.6 Å². The Labute approximate surface area is 166 Å². The summed E-state index contributed by atoms with van der Waals surface area (Å²) in [5.41, 5.74) is 3.29. The van der Waals surface area contributed by atoms with Crippen molar-refractivity contribution in [1.29, 1.82) is 0 Å². The molecular weight excluding hydrogens is 352 g/mol. The number of methoxy groups -OCH3 is 1. The second-order valence-electron chi connectivity index (χ2n) is 7.54. The van der Waals surface area contributed by atoms with E-state index in [2.05, 4.69) is 12.1 Å². The predicted molar refractivity (Wildman–Crippen MR) is 108 cm³/mol. The number of esters is 1. The average Bonchev–Trinajstić information content (AvgIpc) is 2.73. The summed E-state index contributed by atoms with van der Waals surface area (Å²) in [5.74, 6) is 0.615. The average molecular weight is 380 g/mol. The number of aldehydes is 1. The molecule has 148 valence electrons. The summed E-state index contributed by atoms with van der Waals surface area (Å²) in [6.45, 7) is 0.509. The highest BCUT2D eigenvalue weighted by Crippen LogP contribution is 2.45. The maximum Gasteiger partial charge on any atom is 0.306 e. The minimum absolute atomic E-state index is 0.199. The minimum Gasteiger partial charge on any atom is -0.489 e. The summed E-state index contributed by atoms with van der Waals surface area (Å²) in [7, 11) is 1.44. The van der Waals surface area contributed by atoms with Crippen molar-refractivity contribution in [2.75, 3.05) is 7.11 Å². The van der Waals surface area contributed by atoms with E-state index in [0.717, 1.165) is 49.7 Å². The van der Waals surface area contributed by atoms with Gasteiger partial charge in [-0.3, -0.25) is 4.79 Å². The first-order valence-corrected chi connectivity index (χ1v) is 9.97. The van der Waals surface area contributed by atoms with Gasteiger partial charge in [0.25, 0.3) is 0 Å². The van der Waals surface area contributed by atoms with Gasteiger partial charge in [0.05, 0.1) is 13.5 Å². The Kier molecular flexibility index (Phi) is 6.85. The second kappa shape index (κ2) is 9.54. The number of hydrogen-bond acceptors (Lipinski definition) is 4. The molecule has 1 unspecified atom stereocenters. The van der Waals surface area contributed by atoms with E-state index in [-0.39, 0.29) is 11.4 Å². The van der Waals surface area contributed by atoms with Gasteiger partial charge in [-0.25, -0.2) is 0 Å². The Morgan fingerprint density at radius 3 is 2.75 bits per heavy atom. The number of fused-ring (bicyclic) bond motifs is 1. The van der Waals surface area contributed by atoms with Gasteiger partial charge in [-0.05, 0) is 60.9 Å². The highest BCUT2D eigenvalue weighted by Gasteiger charge is 2.38. The van der Waals surface area contributed by atoms with E-state index in [9.17, 15) is 9.59 Å². The topological polar surface area (TPSA) is 52.6 Å². The summed E-state index contributed by atoms with van der Waals surface area (Å²) in [6, 6.07) is 16.3. The van der Waals surface area contributed by atoms with Crippen molar-refractivity contribution in [2.45, 2.75) is 57.0 Å². The number of carbonyl (C=O) groups excluding carboxylic acids is 2.